The summed E-state index contributed by atoms with van der Waals surface area (Å²) in [5.41, 5.74) is 1.66. The number of carbonyl (C=O) groups excluding carboxylic acids is 1. The van der Waals surface area contributed by atoms with E-state index in [2.05, 4.69) is 4.98 Å². The molecule has 1 aromatic heterocycles. The van der Waals surface area contributed by atoms with E-state index in [1.54, 1.807) is 6.20 Å². The predicted octanol–water partition coefficient (Wildman–Crippen LogP) is 2.53. The van der Waals surface area contributed by atoms with E-state index in [9.17, 15) is 4.79 Å². The molecule has 0 N–H and O–H groups in total. The second kappa shape index (κ2) is 5.21. The van der Waals surface area contributed by atoms with E-state index in [4.69, 9.17) is 4.74 Å². The minimum absolute atomic E-state index is 0.124. The van der Waals surface area contributed by atoms with Gasteiger partial charge in [-0.05, 0) is 43.9 Å². The fourth-order valence-electron chi connectivity index (χ4n) is 1.98. The molecule has 1 unspecified atom stereocenters. The number of nitrogens with zero attached hydrogens (tertiary/aromatic N) is 1. The molecule has 16 heavy (non-hydrogen) atoms. The average Bonchev–Trinajstić information content (AvgIpc) is 2.78. The normalized spacial score (nSPS) is 19.9. The van der Waals surface area contributed by atoms with Crippen LogP contribution < -0.4 is 0 Å². The van der Waals surface area contributed by atoms with Crippen molar-refractivity contribution in [1.82, 2.24) is 4.98 Å². The Balaban J connectivity index is 1.87. The molecule has 0 spiro atoms. The molecule has 0 aromatic carbocycles. The van der Waals surface area contributed by atoms with Gasteiger partial charge >= 0.3 is 0 Å². The zero-order valence-electron chi connectivity index (χ0n) is 9.61. The van der Waals surface area contributed by atoms with Gasteiger partial charge in [0.1, 0.15) is 5.69 Å². The maximum Gasteiger partial charge on any atom is 0.181 e. The van der Waals surface area contributed by atoms with Crippen LogP contribution in [0.5, 0.6) is 0 Å². The van der Waals surface area contributed by atoms with Crippen molar-refractivity contribution in [2.45, 2.75) is 38.7 Å². The van der Waals surface area contributed by atoms with Gasteiger partial charge in [-0.25, -0.2) is 0 Å². The minimum Gasteiger partial charge on any atom is -0.378 e. The first kappa shape index (κ1) is 11.3. The number of pyridine rings is 1. The molecule has 1 fully saturated rings. The van der Waals surface area contributed by atoms with Crippen LogP contribution in [0, 0.1) is 6.92 Å². The van der Waals surface area contributed by atoms with Crippen LogP contribution in [0.15, 0.2) is 18.3 Å². The van der Waals surface area contributed by atoms with Gasteiger partial charge in [-0.2, -0.15) is 0 Å². The van der Waals surface area contributed by atoms with E-state index in [0.717, 1.165) is 31.4 Å². The lowest BCUT2D eigenvalue weighted by molar-refractivity contribution is 0.0856. The molecular weight excluding hydrogens is 202 g/mol. The van der Waals surface area contributed by atoms with Crippen molar-refractivity contribution >= 4 is 5.78 Å². The maximum absolute atomic E-state index is 11.8. The summed E-state index contributed by atoms with van der Waals surface area (Å²) in [5.74, 6) is 0.124. The van der Waals surface area contributed by atoms with Crippen LogP contribution in [0.25, 0.3) is 0 Å². The second-order valence-electron chi connectivity index (χ2n) is 4.32. The van der Waals surface area contributed by atoms with E-state index in [-0.39, 0.29) is 11.9 Å². The van der Waals surface area contributed by atoms with Crippen molar-refractivity contribution in [3.63, 3.8) is 0 Å². The van der Waals surface area contributed by atoms with E-state index in [1.165, 1.54) is 0 Å². The molecule has 1 saturated heterocycles. The Morgan fingerprint density at radius 1 is 1.62 bits per heavy atom. The fourth-order valence-corrected chi connectivity index (χ4v) is 1.98. The smallest absolute Gasteiger partial charge is 0.181 e. The molecule has 1 atom stereocenters. The van der Waals surface area contributed by atoms with Gasteiger partial charge in [-0.3, -0.25) is 9.78 Å². The lowest BCUT2D eigenvalue weighted by Crippen LogP contribution is -2.09. The Morgan fingerprint density at radius 2 is 2.50 bits per heavy atom. The van der Waals surface area contributed by atoms with Gasteiger partial charge in [0.25, 0.3) is 0 Å². The third-order valence-electron chi connectivity index (χ3n) is 2.92. The first-order valence-corrected chi connectivity index (χ1v) is 5.83. The van der Waals surface area contributed by atoms with E-state index >= 15 is 0 Å². The van der Waals surface area contributed by atoms with Crippen LogP contribution in [0.1, 0.15) is 41.7 Å². The molecule has 3 heteroatoms. The molecule has 1 aromatic rings. The van der Waals surface area contributed by atoms with E-state index in [0.29, 0.717) is 12.1 Å². The molecule has 0 bridgehead atoms. The summed E-state index contributed by atoms with van der Waals surface area (Å²) in [4.78, 5) is 15.9. The Labute approximate surface area is 95.8 Å². The van der Waals surface area contributed by atoms with Gasteiger partial charge in [-0.1, -0.05) is 0 Å². The molecule has 3 nitrogen and oxygen atoms in total. The zero-order chi connectivity index (χ0) is 11.4. The molecule has 0 aliphatic carbocycles. The number of rotatable bonds is 4. The van der Waals surface area contributed by atoms with Crippen LogP contribution in [0.3, 0.4) is 0 Å². The highest BCUT2D eigenvalue weighted by atomic mass is 16.5. The fraction of sp³-hybridized carbons (Fsp3) is 0.538. The van der Waals surface area contributed by atoms with Gasteiger partial charge in [-0.15, -0.1) is 0 Å². The molecule has 1 aliphatic heterocycles. The van der Waals surface area contributed by atoms with Crippen molar-refractivity contribution in [1.29, 1.82) is 0 Å². The van der Waals surface area contributed by atoms with Crippen molar-refractivity contribution in [2.75, 3.05) is 6.61 Å². The molecule has 86 valence electrons. The van der Waals surface area contributed by atoms with Gasteiger partial charge in [0.15, 0.2) is 5.78 Å². The highest BCUT2D eigenvalue weighted by Gasteiger charge is 2.17. The topological polar surface area (TPSA) is 39.2 Å². The summed E-state index contributed by atoms with van der Waals surface area (Å²) < 4.78 is 5.49. The number of Topliss-reactive ketones (excluding diaryl/α,β-unsaturated/α-hetero) is 1. The number of carbonyl (C=O) groups is 1. The lowest BCUT2D eigenvalue weighted by atomic mass is 10.1. The Bertz CT molecular complexity index is 370. The summed E-state index contributed by atoms with van der Waals surface area (Å²) in [6.07, 6.45) is 5.56. The van der Waals surface area contributed by atoms with E-state index in [1.807, 2.05) is 19.1 Å². The Morgan fingerprint density at radius 3 is 3.19 bits per heavy atom. The number of aromatic nitrogens is 1. The molecule has 0 radical (unpaired) electrons. The minimum atomic E-state index is 0.124. The quantitative estimate of drug-likeness (QED) is 0.730. The maximum atomic E-state index is 11.8. The molecule has 0 saturated carbocycles. The first-order valence-electron chi connectivity index (χ1n) is 5.83. The number of hydrogen-bond donors (Lipinski definition) is 0. The SMILES string of the molecule is Cc1ccnc(C(=O)CCC2CCCO2)c1. The summed E-state index contributed by atoms with van der Waals surface area (Å²) in [5, 5.41) is 0. The van der Waals surface area contributed by atoms with Crippen LogP contribution in [0.4, 0.5) is 0 Å². The average molecular weight is 219 g/mol. The highest BCUT2D eigenvalue weighted by Crippen LogP contribution is 2.18. The molecule has 0 amide bonds. The van der Waals surface area contributed by atoms with E-state index < -0.39 is 0 Å². The third-order valence-corrected chi connectivity index (χ3v) is 2.92. The Hall–Kier alpha value is -1.22. The summed E-state index contributed by atoms with van der Waals surface area (Å²) in [7, 11) is 0. The lowest BCUT2D eigenvalue weighted by Gasteiger charge is -2.07. The summed E-state index contributed by atoms with van der Waals surface area (Å²) >= 11 is 0. The molecular formula is C13H17NO2. The number of aryl methyl sites for hydroxylation is 1. The molecule has 2 heterocycles. The predicted molar refractivity (Wildman–Crippen MR) is 61.5 cm³/mol. The van der Waals surface area contributed by atoms with Crippen LogP contribution in [-0.4, -0.2) is 23.5 Å². The van der Waals surface area contributed by atoms with Crippen molar-refractivity contribution in [3.8, 4) is 0 Å². The van der Waals surface area contributed by atoms with Gasteiger partial charge < -0.3 is 4.74 Å². The number of ketones is 1. The van der Waals surface area contributed by atoms with Crippen LogP contribution >= 0.6 is 0 Å². The highest BCUT2D eigenvalue weighted by molar-refractivity contribution is 5.94. The number of ether oxygens (including phenoxy) is 1. The zero-order valence-corrected chi connectivity index (χ0v) is 9.61. The monoisotopic (exact) mass is 219 g/mol. The van der Waals surface area contributed by atoms with Crippen molar-refractivity contribution in [3.05, 3.63) is 29.6 Å². The van der Waals surface area contributed by atoms with Crippen molar-refractivity contribution < 1.29 is 9.53 Å². The molecule has 2 rings (SSSR count). The first-order chi connectivity index (χ1) is 7.75. The summed E-state index contributed by atoms with van der Waals surface area (Å²) in [6, 6.07) is 3.74. The van der Waals surface area contributed by atoms with Gasteiger partial charge in [0.05, 0.1) is 6.10 Å². The second-order valence-corrected chi connectivity index (χ2v) is 4.32. The van der Waals surface area contributed by atoms with Gasteiger partial charge in [0, 0.05) is 19.2 Å². The third kappa shape index (κ3) is 2.89. The Kier molecular flexibility index (Phi) is 3.67. The van der Waals surface area contributed by atoms with Gasteiger partial charge in [0.2, 0.25) is 0 Å². The van der Waals surface area contributed by atoms with Crippen LogP contribution in [-0.2, 0) is 4.74 Å². The standard InChI is InChI=1S/C13H17NO2/c1-10-6-7-14-12(9-10)13(15)5-4-11-3-2-8-16-11/h6-7,9,11H,2-5,8H2,1H3. The van der Waals surface area contributed by atoms with Crippen molar-refractivity contribution in [2.24, 2.45) is 0 Å². The number of hydrogen-bond acceptors (Lipinski definition) is 3. The van der Waals surface area contributed by atoms with Crippen LogP contribution in [0.2, 0.25) is 0 Å². The molecule has 1 aliphatic rings. The largest absolute Gasteiger partial charge is 0.378 e. The summed E-state index contributed by atoms with van der Waals surface area (Å²) in [6.45, 7) is 2.82.